The molecule has 7 nitrogen and oxygen atoms in total. The second-order valence-corrected chi connectivity index (χ2v) is 11.7. The van der Waals surface area contributed by atoms with E-state index >= 15 is 0 Å². The Morgan fingerprint density at radius 2 is 1.75 bits per heavy atom. The van der Waals surface area contributed by atoms with Crippen molar-refractivity contribution in [2.75, 3.05) is 29.0 Å². The van der Waals surface area contributed by atoms with E-state index in [1.165, 1.54) is 23.8 Å². The molecule has 1 atom stereocenters. The first-order valence-corrected chi connectivity index (χ1v) is 14.6. The number of benzene rings is 2. The minimum Gasteiger partial charge on any atom is -0.356 e. The molecule has 4 rings (SSSR count). The molecule has 1 aliphatic heterocycles. The van der Waals surface area contributed by atoms with Gasteiger partial charge >= 0.3 is 6.18 Å². The average Bonchev–Trinajstić information content (AvgIpc) is 2.91. The predicted molar refractivity (Wildman–Crippen MR) is 145 cm³/mol. The summed E-state index contributed by atoms with van der Waals surface area (Å²) in [6, 6.07) is 15.9. The summed E-state index contributed by atoms with van der Waals surface area (Å²) >= 11 is 0. The molecule has 2 aromatic carbocycles. The van der Waals surface area contributed by atoms with Gasteiger partial charge in [0.2, 0.25) is 15.9 Å². The normalized spacial score (nSPS) is 15.5. The molecule has 2 heterocycles. The standard InChI is InChI=1S/C28H30F4N4O3S/c1-18(21-8-10-24(23(29)16-21)35-40(2,38)39)27(37)33-17-22-9-11-25(28(30,31)32)34-26(22)36-14-12-20(13-15-36)19-6-4-3-5-7-19/h3-11,16,18,20,35H,12-15,17H2,1-2H3,(H,33,37)/t18-/m1/s1. The van der Waals surface area contributed by atoms with Crippen LogP contribution in [-0.2, 0) is 27.5 Å². The summed E-state index contributed by atoms with van der Waals surface area (Å²) in [5.74, 6) is -1.65. The summed E-state index contributed by atoms with van der Waals surface area (Å²) in [4.78, 5) is 18.7. The van der Waals surface area contributed by atoms with Gasteiger partial charge in [0.15, 0.2) is 0 Å². The third-order valence-electron chi connectivity index (χ3n) is 6.95. The van der Waals surface area contributed by atoms with Crippen LogP contribution in [0, 0.1) is 5.82 Å². The zero-order chi connectivity index (χ0) is 29.1. The number of nitrogens with zero attached hydrogens (tertiary/aromatic N) is 2. The summed E-state index contributed by atoms with van der Waals surface area (Å²) in [5, 5.41) is 2.72. The van der Waals surface area contributed by atoms with Gasteiger partial charge in [0.05, 0.1) is 17.9 Å². The maximum atomic E-state index is 14.4. The lowest BCUT2D eigenvalue weighted by Crippen LogP contribution is -2.35. The van der Waals surface area contributed by atoms with Crippen molar-refractivity contribution in [1.29, 1.82) is 0 Å². The van der Waals surface area contributed by atoms with Crippen LogP contribution in [0.2, 0.25) is 0 Å². The molecule has 1 fully saturated rings. The Hall–Kier alpha value is -3.67. The van der Waals surface area contributed by atoms with Crippen molar-refractivity contribution < 1.29 is 30.8 Å². The summed E-state index contributed by atoms with van der Waals surface area (Å²) in [5.41, 5.74) is 0.690. The molecule has 40 heavy (non-hydrogen) atoms. The van der Waals surface area contributed by atoms with Gasteiger partial charge in [-0.05, 0) is 55.0 Å². The Morgan fingerprint density at radius 1 is 1.07 bits per heavy atom. The lowest BCUT2D eigenvalue weighted by atomic mass is 9.89. The van der Waals surface area contributed by atoms with E-state index in [4.69, 9.17) is 0 Å². The van der Waals surface area contributed by atoms with Crippen molar-refractivity contribution >= 4 is 27.4 Å². The molecule has 0 saturated carbocycles. The smallest absolute Gasteiger partial charge is 0.356 e. The molecule has 0 radical (unpaired) electrons. The van der Waals surface area contributed by atoms with E-state index in [-0.39, 0.29) is 18.1 Å². The monoisotopic (exact) mass is 578 g/mol. The van der Waals surface area contributed by atoms with E-state index in [0.29, 0.717) is 30.1 Å². The SMILES string of the molecule is C[C@@H](C(=O)NCc1ccc(C(F)(F)F)nc1N1CCC(c2ccccc2)CC1)c1ccc(NS(C)(=O)=O)c(F)c1. The van der Waals surface area contributed by atoms with E-state index in [9.17, 15) is 30.8 Å². The lowest BCUT2D eigenvalue weighted by Gasteiger charge is -2.34. The number of sulfonamides is 1. The second-order valence-electron chi connectivity index (χ2n) is 9.90. The van der Waals surface area contributed by atoms with E-state index in [2.05, 4.69) is 15.0 Å². The number of carbonyl (C=O) groups is 1. The fraction of sp³-hybridized carbons (Fsp3) is 0.357. The molecule has 214 valence electrons. The predicted octanol–water partition coefficient (Wildman–Crippen LogP) is 5.41. The highest BCUT2D eigenvalue weighted by Gasteiger charge is 2.34. The molecule has 1 saturated heterocycles. The van der Waals surface area contributed by atoms with Crippen LogP contribution >= 0.6 is 0 Å². The van der Waals surface area contributed by atoms with E-state index in [0.717, 1.165) is 31.2 Å². The maximum Gasteiger partial charge on any atom is 0.433 e. The largest absolute Gasteiger partial charge is 0.433 e. The Labute approximate surface area is 230 Å². The quantitative estimate of drug-likeness (QED) is 0.349. The zero-order valence-corrected chi connectivity index (χ0v) is 22.8. The van der Waals surface area contributed by atoms with Crippen LogP contribution in [-0.4, -0.2) is 38.7 Å². The van der Waals surface area contributed by atoms with Gasteiger partial charge in [0.1, 0.15) is 17.3 Å². The Kier molecular flexibility index (Phi) is 8.67. The molecule has 2 N–H and O–H groups in total. The van der Waals surface area contributed by atoms with Crippen molar-refractivity contribution in [2.24, 2.45) is 0 Å². The van der Waals surface area contributed by atoms with Crippen LogP contribution in [0.4, 0.5) is 29.1 Å². The van der Waals surface area contributed by atoms with Crippen LogP contribution in [0.25, 0.3) is 0 Å². The van der Waals surface area contributed by atoms with Gasteiger partial charge in [0, 0.05) is 25.2 Å². The zero-order valence-electron chi connectivity index (χ0n) is 22.0. The maximum absolute atomic E-state index is 14.4. The number of rotatable bonds is 8. The van der Waals surface area contributed by atoms with Crippen LogP contribution in [0.15, 0.2) is 60.7 Å². The highest BCUT2D eigenvalue weighted by atomic mass is 32.2. The molecular formula is C28H30F4N4O3S. The van der Waals surface area contributed by atoms with Crippen LogP contribution < -0.4 is 14.9 Å². The third-order valence-corrected chi connectivity index (χ3v) is 7.54. The summed E-state index contributed by atoms with van der Waals surface area (Å²) in [7, 11) is -3.68. The fourth-order valence-corrected chi connectivity index (χ4v) is 5.33. The fourth-order valence-electron chi connectivity index (χ4n) is 4.77. The molecule has 0 bridgehead atoms. The Balaban J connectivity index is 1.48. The lowest BCUT2D eigenvalue weighted by molar-refractivity contribution is -0.141. The van der Waals surface area contributed by atoms with Crippen molar-refractivity contribution in [1.82, 2.24) is 10.3 Å². The van der Waals surface area contributed by atoms with Crippen molar-refractivity contribution in [3.63, 3.8) is 0 Å². The first-order valence-electron chi connectivity index (χ1n) is 12.7. The first kappa shape index (κ1) is 29.3. The van der Waals surface area contributed by atoms with Crippen LogP contribution in [0.3, 0.4) is 0 Å². The van der Waals surface area contributed by atoms with Gasteiger partial charge in [-0.1, -0.05) is 42.5 Å². The topological polar surface area (TPSA) is 91.4 Å². The number of nitrogens with one attached hydrogen (secondary N) is 2. The molecule has 0 aliphatic carbocycles. The van der Waals surface area contributed by atoms with Crippen molar-refractivity contribution in [2.45, 2.75) is 44.3 Å². The number of pyridine rings is 1. The molecule has 1 aromatic heterocycles. The second kappa shape index (κ2) is 11.8. The number of alkyl halides is 3. The third kappa shape index (κ3) is 7.29. The highest BCUT2D eigenvalue weighted by Crippen LogP contribution is 2.34. The molecular weight excluding hydrogens is 548 g/mol. The van der Waals surface area contributed by atoms with Gasteiger partial charge in [-0.2, -0.15) is 13.2 Å². The number of piperidine rings is 1. The van der Waals surface area contributed by atoms with Gasteiger partial charge in [0.25, 0.3) is 0 Å². The molecule has 0 spiro atoms. The van der Waals surface area contributed by atoms with Crippen molar-refractivity contribution in [3.05, 3.63) is 88.9 Å². The minimum atomic E-state index is -4.62. The number of hydrogen-bond donors (Lipinski definition) is 2. The van der Waals surface area contributed by atoms with E-state index in [1.807, 2.05) is 35.2 Å². The molecule has 0 unspecified atom stereocenters. The van der Waals surface area contributed by atoms with E-state index < -0.39 is 39.5 Å². The number of hydrogen-bond acceptors (Lipinski definition) is 5. The highest BCUT2D eigenvalue weighted by molar-refractivity contribution is 7.92. The van der Waals surface area contributed by atoms with Crippen LogP contribution in [0.1, 0.15) is 54.0 Å². The van der Waals surface area contributed by atoms with Crippen LogP contribution in [0.5, 0.6) is 0 Å². The van der Waals surface area contributed by atoms with Gasteiger partial charge in [-0.15, -0.1) is 0 Å². The number of aromatic nitrogens is 1. The number of halogens is 4. The Bertz CT molecular complexity index is 1460. The number of amides is 1. The summed E-state index contributed by atoms with van der Waals surface area (Å²) < 4.78 is 79.7. The van der Waals surface area contributed by atoms with Gasteiger partial charge in [-0.3, -0.25) is 9.52 Å². The average molecular weight is 579 g/mol. The molecule has 1 amide bonds. The first-order chi connectivity index (χ1) is 18.8. The summed E-state index contributed by atoms with van der Waals surface area (Å²) in [6.07, 6.45) is -2.22. The van der Waals surface area contributed by atoms with E-state index in [1.54, 1.807) is 6.92 Å². The molecule has 1 aliphatic rings. The Morgan fingerprint density at radius 3 is 2.35 bits per heavy atom. The summed E-state index contributed by atoms with van der Waals surface area (Å²) in [6.45, 7) is 2.50. The van der Waals surface area contributed by atoms with Crippen molar-refractivity contribution in [3.8, 4) is 0 Å². The van der Waals surface area contributed by atoms with Gasteiger partial charge < -0.3 is 10.2 Å². The van der Waals surface area contributed by atoms with Gasteiger partial charge in [-0.25, -0.2) is 17.8 Å². The number of anilines is 2. The molecule has 12 heteroatoms. The molecule has 3 aromatic rings. The minimum absolute atomic E-state index is 0.0710. The number of carbonyl (C=O) groups excluding carboxylic acids is 1.